The summed E-state index contributed by atoms with van der Waals surface area (Å²) >= 11 is 0. The minimum atomic E-state index is -0.853. The highest BCUT2D eigenvalue weighted by Crippen LogP contribution is 2.31. The molecule has 1 aliphatic rings. The molecule has 0 amide bonds. The van der Waals surface area contributed by atoms with Gasteiger partial charge in [-0.3, -0.25) is 4.90 Å². The number of rotatable bonds is 2. The summed E-state index contributed by atoms with van der Waals surface area (Å²) in [6, 6.07) is 3.95. The lowest BCUT2D eigenvalue weighted by atomic mass is 10.0. The minimum absolute atomic E-state index is 0.412. The second-order valence-electron chi connectivity index (χ2n) is 5.19. The van der Waals surface area contributed by atoms with Crippen molar-refractivity contribution in [1.82, 2.24) is 9.88 Å². The predicted molar refractivity (Wildman–Crippen MR) is 74.7 cm³/mol. The van der Waals surface area contributed by atoms with Crippen LogP contribution >= 0.6 is 0 Å². The molecule has 0 unspecified atom stereocenters. The third-order valence-corrected chi connectivity index (χ3v) is 4.10. The van der Waals surface area contributed by atoms with Crippen molar-refractivity contribution in [2.75, 3.05) is 13.1 Å². The van der Waals surface area contributed by atoms with Crippen molar-refractivity contribution in [3.05, 3.63) is 34.5 Å². The van der Waals surface area contributed by atoms with Gasteiger partial charge in [-0.05, 0) is 24.6 Å². The Morgan fingerprint density at radius 2 is 2.26 bits per heavy atom. The molecule has 4 heteroatoms. The molecule has 1 aromatic heterocycles. The first-order valence-electron chi connectivity index (χ1n) is 6.70. The van der Waals surface area contributed by atoms with Crippen LogP contribution in [0.5, 0.6) is 0 Å². The maximum absolute atomic E-state index is 11.4. The van der Waals surface area contributed by atoms with Gasteiger partial charge in [-0.15, -0.1) is 0 Å². The number of carboxylic acids is 1. The highest BCUT2D eigenvalue weighted by molar-refractivity contribution is 6.04. The minimum Gasteiger partial charge on any atom is -0.478 e. The van der Waals surface area contributed by atoms with Crippen molar-refractivity contribution in [2.45, 2.75) is 26.8 Å². The van der Waals surface area contributed by atoms with Gasteiger partial charge in [0.05, 0.1) is 11.1 Å². The maximum atomic E-state index is 11.4. The molecule has 0 atom stereocenters. The van der Waals surface area contributed by atoms with Crippen molar-refractivity contribution >= 4 is 16.9 Å². The molecule has 2 heterocycles. The molecule has 0 spiro atoms. The fraction of sp³-hybridized carbons (Fsp3) is 0.400. The molecule has 0 saturated carbocycles. The van der Waals surface area contributed by atoms with Crippen molar-refractivity contribution in [3.8, 4) is 0 Å². The van der Waals surface area contributed by atoms with Gasteiger partial charge in [-0.1, -0.05) is 19.1 Å². The van der Waals surface area contributed by atoms with E-state index in [1.54, 1.807) is 0 Å². The molecule has 0 saturated heterocycles. The standard InChI is InChI=1S/C15H18N2O2/c1-3-17-7-6-12-11(8-17)10-5-4-9(2)13(15(18)19)14(10)16-12/h4-5,16H,3,6-8H2,1-2H3,(H,18,19). The average Bonchev–Trinajstić information content (AvgIpc) is 2.74. The summed E-state index contributed by atoms with van der Waals surface area (Å²) in [7, 11) is 0. The number of hydrogen-bond donors (Lipinski definition) is 2. The lowest BCUT2D eigenvalue weighted by Crippen LogP contribution is -2.29. The highest BCUT2D eigenvalue weighted by Gasteiger charge is 2.23. The molecular formula is C15H18N2O2. The Kier molecular flexibility index (Phi) is 2.82. The molecule has 4 nitrogen and oxygen atoms in total. The zero-order chi connectivity index (χ0) is 13.6. The number of likely N-dealkylation sites (N-methyl/N-ethyl adjacent to an activating group) is 1. The molecule has 2 N–H and O–H groups in total. The van der Waals surface area contributed by atoms with E-state index in [9.17, 15) is 9.90 Å². The van der Waals surface area contributed by atoms with Crippen LogP contribution < -0.4 is 0 Å². The van der Waals surface area contributed by atoms with E-state index in [2.05, 4.69) is 16.8 Å². The van der Waals surface area contributed by atoms with Crippen LogP contribution in [0.1, 0.15) is 34.1 Å². The Balaban J connectivity index is 2.23. The molecule has 100 valence electrons. The number of benzene rings is 1. The number of fused-ring (bicyclic) bond motifs is 3. The number of aromatic nitrogens is 1. The summed E-state index contributed by atoms with van der Waals surface area (Å²) in [4.78, 5) is 17.2. The smallest absolute Gasteiger partial charge is 0.338 e. The normalized spacial score (nSPS) is 15.7. The Morgan fingerprint density at radius 1 is 1.47 bits per heavy atom. The Morgan fingerprint density at radius 3 is 2.95 bits per heavy atom. The van der Waals surface area contributed by atoms with E-state index in [0.717, 1.165) is 42.5 Å². The van der Waals surface area contributed by atoms with Gasteiger partial charge in [0, 0.05) is 30.6 Å². The van der Waals surface area contributed by atoms with Gasteiger partial charge in [0.1, 0.15) is 0 Å². The third-order valence-electron chi connectivity index (χ3n) is 4.10. The molecule has 0 radical (unpaired) electrons. The molecule has 19 heavy (non-hydrogen) atoms. The van der Waals surface area contributed by atoms with E-state index in [0.29, 0.717) is 5.56 Å². The lowest BCUT2D eigenvalue weighted by molar-refractivity contribution is 0.0698. The number of carbonyl (C=O) groups is 1. The topological polar surface area (TPSA) is 56.3 Å². The SMILES string of the molecule is CCN1CCc2[nH]c3c(C(=O)O)c(C)ccc3c2C1. The molecule has 3 rings (SSSR count). The van der Waals surface area contributed by atoms with E-state index in [-0.39, 0.29) is 0 Å². The number of nitrogens with one attached hydrogen (secondary N) is 1. The first-order chi connectivity index (χ1) is 9.11. The van der Waals surface area contributed by atoms with Gasteiger partial charge in [0.2, 0.25) is 0 Å². The van der Waals surface area contributed by atoms with Gasteiger partial charge in [-0.2, -0.15) is 0 Å². The number of carboxylic acid groups (broad SMARTS) is 1. The van der Waals surface area contributed by atoms with Crippen LogP contribution in [0.3, 0.4) is 0 Å². The van der Waals surface area contributed by atoms with E-state index < -0.39 is 5.97 Å². The quantitative estimate of drug-likeness (QED) is 0.870. The summed E-state index contributed by atoms with van der Waals surface area (Å²) in [5, 5.41) is 10.5. The van der Waals surface area contributed by atoms with Crippen LogP contribution in [-0.2, 0) is 13.0 Å². The van der Waals surface area contributed by atoms with Crippen LogP contribution in [0.4, 0.5) is 0 Å². The number of aryl methyl sites for hydroxylation is 1. The van der Waals surface area contributed by atoms with Gasteiger partial charge in [0.25, 0.3) is 0 Å². The summed E-state index contributed by atoms with van der Waals surface area (Å²) in [5.74, 6) is -0.853. The zero-order valence-corrected chi connectivity index (χ0v) is 11.3. The molecule has 0 bridgehead atoms. The van der Waals surface area contributed by atoms with Crippen LogP contribution in [-0.4, -0.2) is 34.0 Å². The summed E-state index contributed by atoms with van der Waals surface area (Å²) < 4.78 is 0. The predicted octanol–water partition coefficient (Wildman–Crippen LogP) is 2.55. The van der Waals surface area contributed by atoms with Gasteiger partial charge in [-0.25, -0.2) is 4.79 Å². The van der Waals surface area contributed by atoms with Gasteiger partial charge in [0.15, 0.2) is 0 Å². The fourth-order valence-corrected chi connectivity index (χ4v) is 2.99. The van der Waals surface area contributed by atoms with E-state index in [1.165, 1.54) is 11.3 Å². The van der Waals surface area contributed by atoms with Crippen LogP contribution in [0.25, 0.3) is 10.9 Å². The van der Waals surface area contributed by atoms with Crippen molar-refractivity contribution in [2.24, 2.45) is 0 Å². The van der Waals surface area contributed by atoms with Crippen LogP contribution in [0.2, 0.25) is 0 Å². The Labute approximate surface area is 112 Å². The maximum Gasteiger partial charge on any atom is 0.338 e. The van der Waals surface area contributed by atoms with E-state index in [1.807, 2.05) is 19.1 Å². The third kappa shape index (κ3) is 1.83. The van der Waals surface area contributed by atoms with Gasteiger partial charge >= 0.3 is 5.97 Å². The largest absolute Gasteiger partial charge is 0.478 e. The summed E-state index contributed by atoms with van der Waals surface area (Å²) in [6.07, 6.45) is 0.968. The van der Waals surface area contributed by atoms with E-state index in [4.69, 9.17) is 0 Å². The molecular weight excluding hydrogens is 240 g/mol. The Bertz CT molecular complexity index is 658. The zero-order valence-electron chi connectivity index (χ0n) is 11.3. The number of hydrogen-bond acceptors (Lipinski definition) is 2. The molecule has 1 aliphatic heterocycles. The first-order valence-corrected chi connectivity index (χ1v) is 6.70. The van der Waals surface area contributed by atoms with Gasteiger partial charge < -0.3 is 10.1 Å². The molecule has 2 aromatic rings. The Hall–Kier alpha value is -1.81. The van der Waals surface area contributed by atoms with Crippen molar-refractivity contribution < 1.29 is 9.90 Å². The van der Waals surface area contributed by atoms with Crippen molar-refractivity contribution in [1.29, 1.82) is 0 Å². The average molecular weight is 258 g/mol. The first kappa shape index (κ1) is 12.2. The number of H-pyrrole nitrogens is 1. The van der Waals surface area contributed by atoms with Crippen LogP contribution in [0, 0.1) is 6.92 Å². The number of nitrogens with zero attached hydrogens (tertiary/aromatic N) is 1. The fourth-order valence-electron chi connectivity index (χ4n) is 2.99. The molecule has 0 aliphatic carbocycles. The monoisotopic (exact) mass is 258 g/mol. The molecule has 0 fully saturated rings. The van der Waals surface area contributed by atoms with E-state index >= 15 is 0 Å². The highest BCUT2D eigenvalue weighted by atomic mass is 16.4. The van der Waals surface area contributed by atoms with Crippen molar-refractivity contribution in [3.63, 3.8) is 0 Å². The molecule has 1 aromatic carbocycles. The lowest BCUT2D eigenvalue weighted by Gasteiger charge is -2.25. The summed E-state index contributed by atoms with van der Waals surface area (Å²) in [6.45, 7) is 6.99. The second kappa shape index (κ2) is 4.38. The summed E-state index contributed by atoms with van der Waals surface area (Å²) in [5.41, 5.74) is 4.48. The second-order valence-corrected chi connectivity index (χ2v) is 5.19. The number of aromatic amines is 1. The number of aromatic carboxylic acids is 1. The van der Waals surface area contributed by atoms with Crippen LogP contribution in [0.15, 0.2) is 12.1 Å².